The van der Waals surface area contributed by atoms with Gasteiger partial charge in [0.2, 0.25) is 5.91 Å². The maximum absolute atomic E-state index is 11.2. The number of anilines is 1. The summed E-state index contributed by atoms with van der Waals surface area (Å²) in [6, 6.07) is 5.86. The first-order valence-corrected chi connectivity index (χ1v) is 5.27. The molecule has 0 aliphatic heterocycles. The molecule has 0 aliphatic carbocycles. The Morgan fingerprint density at radius 3 is 2.81 bits per heavy atom. The summed E-state index contributed by atoms with van der Waals surface area (Å²) in [4.78, 5) is 13.1. The van der Waals surface area contributed by atoms with Crippen LogP contribution in [0.5, 0.6) is 0 Å². The molecule has 88 valence electrons. The molecule has 0 saturated heterocycles. The van der Waals surface area contributed by atoms with Crippen molar-refractivity contribution in [3.05, 3.63) is 29.3 Å². The van der Waals surface area contributed by atoms with Gasteiger partial charge in [0, 0.05) is 19.3 Å². The molecular formula is C12H19N3O. The fraction of sp³-hybridized carbons (Fsp3) is 0.417. The largest absolute Gasteiger partial charge is 0.399 e. The van der Waals surface area contributed by atoms with Gasteiger partial charge < -0.3 is 11.1 Å². The number of amides is 1. The van der Waals surface area contributed by atoms with Crippen LogP contribution >= 0.6 is 0 Å². The molecule has 4 heteroatoms. The molecule has 0 atom stereocenters. The smallest absolute Gasteiger partial charge is 0.233 e. The van der Waals surface area contributed by atoms with Crippen LogP contribution in [0.25, 0.3) is 0 Å². The van der Waals surface area contributed by atoms with E-state index in [1.807, 2.05) is 37.1 Å². The van der Waals surface area contributed by atoms with Crippen molar-refractivity contribution in [1.29, 1.82) is 0 Å². The predicted octanol–water partition coefficient (Wildman–Crippen LogP) is 0.755. The zero-order valence-electron chi connectivity index (χ0n) is 10.1. The molecule has 4 nitrogen and oxygen atoms in total. The number of nitrogens with zero attached hydrogens (tertiary/aromatic N) is 1. The summed E-state index contributed by atoms with van der Waals surface area (Å²) in [6.45, 7) is 3.12. The molecule has 1 amide bonds. The maximum atomic E-state index is 11.2. The zero-order chi connectivity index (χ0) is 12.1. The van der Waals surface area contributed by atoms with Gasteiger partial charge in [-0.3, -0.25) is 9.69 Å². The lowest BCUT2D eigenvalue weighted by Crippen LogP contribution is -2.32. The van der Waals surface area contributed by atoms with Gasteiger partial charge in [0.15, 0.2) is 0 Å². The van der Waals surface area contributed by atoms with Crippen LogP contribution in [0.4, 0.5) is 5.69 Å². The molecule has 0 fully saturated rings. The highest BCUT2D eigenvalue weighted by atomic mass is 16.1. The second-order valence-electron chi connectivity index (χ2n) is 3.98. The number of benzene rings is 1. The standard InChI is InChI=1S/C12H19N3O/c1-9-10(5-4-6-11(9)13)7-15(3)8-12(16)14-2/h4-6H,7-8,13H2,1-3H3,(H,14,16). The lowest BCUT2D eigenvalue weighted by atomic mass is 10.1. The Balaban J connectivity index is 2.66. The van der Waals surface area contributed by atoms with Crippen LogP contribution in [0.2, 0.25) is 0 Å². The maximum Gasteiger partial charge on any atom is 0.233 e. The van der Waals surface area contributed by atoms with Gasteiger partial charge in [0.05, 0.1) is 6.54 Å². The third-order valence-corrected chi connectivity index (χ3v) is 2.62. The van der Waals surface area contributed by atoms with Crippen LogP contribution in [0, 0.1) is 6.92 Å². The van der Waals surface area contributed by atoms with E-state index in [0.29, 0.717) is 6.54 Å². The molecule has 0 saturated carbocycles. The number of carbonyl (C=O) groups is 1. The van der Waals surface area contributed by atoms with Crippen LogP contribution < -0.4 is 11.1 Å². The Morgan fingerprint density at radius 2 is 2.19 bits per heavy atom. The molecule has 0 aliphatic rings. The first kappa shape index (κ1) is 12.5. The van der Waals surface area contributed by atoms with E-state index in [9.17, 15) is 4.79 Å². The number of nitrogens with two attached hydrogens (primary N) is 1. The lowest BCUT2D eigenvalue weighted by molar-refractivity contribution is -0.121. The number of hydrogen-bond donors (Lipinski definition) is 2. The number of rotatable bonds is 4. The molecular weight excluding hydrogens is 202 g/mol. The predicted molar refractivity (Wildman–Crippen MR) is 66.0 cm³/mol. The van der Waals surface area contributed by atoms with Crippen molar-refractivity contribution < 1.29 is 4.79 Å². The van der Waals surface area contributed by atoms with Gasteiger partial charge in [0.25, 0.3) is 0 Å². The van der Waals surface area contributed by atoms with Gasteiger partial charge in [-0.15, -0.1) is 0 Å². The van der Waals surface area contributed by atoms with Crippen molar-refractivity contribution in [3.8, 4) is 0 Å². The van der Waals surface area contributed by atoms with Gasteiger partial charge in [0.1, 0.15) is 0 Å². The van der Waals surface area contributed by atoms with E-state index in [1.54, 1.807) is 7.05 Å². The zero-order valence-corrected chi connectivity index (χ0v) is 10.1. The van der Waals surface area contributed by atoms with E-state index in [-0.39, 0.29) is 5.91 Å². The second kappa shape index (κ2) is 5.51. The van der Waals surface area contributed by atoms with Gasteiger partial charge in [-0.25, -0.2) is 0 Å². The minimum absolute atomic E-state index is 0.0176. The average molecular weight is 221 g/mol. The Labute approximate surface area is 96.4 Å². The summed E-state index contributed by atoms with van der Waals surface area (Å²) in [5.74, 6) is 0.0176. The van der Waals surface area contributed by atoms with E-state index in [0.717, 1.165) is 23.4 Å². The normalized spacial score (nSPS) is 10.5. The summed E-state index contributed by atoms with van der Waals surface area (Å²) >= 11 is 0. The summed E-state index contributed by atoms with van der Waals surface area (Å²) in [7, 11) is 3.56. The van der Waals surface area contributed by atoms with Gasteiger partial charge >= 0.3 is 0 Å². The Hall–Kier alpha value is -1.55. The van der Waals surface area contributed by atoms with Crippen LogP contribution in [-0.4, -0.2) is 31.4 Å². The molecule has 0 spiro atoms. The summed E-state index contributed by atoms with van der Waals surface area (Å²) in [6.07, 6.45) is 0. The van der Waals surface area contributed by atoms with Crippen LogP contribution in [-0.2, 0) is 11.3 Å². The number of nitrogens with one attached hydrogen (secondary N) is 1. The molecule has 0 aromatic heterocycles. The number of hydrogen-bond acceptors (Lipinski definition) is 3. The summed E-state index contributed by atoms with van der Waals surface area (Å²) in [5.41, 5.74) is 8.87. The van der Waals surface area contributed by atoms with Gasteiger partial charge in [-0.2, -0.15) is 0 Å². The monoisotopic (exact) mass is 221 g/mol. The topological polar surface area (TPSA) is 58.4 Å². The molecule has 0 radical (unpaired) electrons. The molecule has 1 rings (SSSR count). The Morgan fingerprint density at radius 1 is 1.50 bits per heavy atom. The first-order chi connectivity index (χ1) is 7.54. The molecule has 16 heavy (non-hydrogen) atoms. The number of carbonyl (C=O) groups excluding carboxylic acids is 1. The molecule has 0 heterocycles. The van der Waals surface area contributed by atoms with E-state index in [1.165, 1.54) is 0 Å². The van der Waals surface area contributed by atoms with Gasteiger partial charge in [-0.1, -0.05) is 12.1 Å². The third-order valence-electron chi connectivity index (χ3n) is 2.62. The number of likely N-dealkylation sites (N-methyl/N-ethyl adjacent to an activating group) is 2. The summed E-state index contributed by atoms with van der Waals surface area (Å²) in [5, 5.41) is 2.60. The van der Waals surface area contributed by atoms with Crippen molar-refractivity contribution in [2.45, 2.75) is 13.5 Å². The highest BCUT2D eigenvalue weighted by Gasteiger charge is 2.07. The van der Waals surface area contributed by atoms with Crippen molar-refractivity contribution in [3.63, 3.8) is 0 Å². The van der Waals surface area contributed by atoms with E-state index < -0.39 is 0 Å². The minimum Gasteiger partial charge on any atom is -0.399 e. The fourth-order valence-electron chi connectivity index (χ4n) is 1.55. The minimum atomic E-state index is 0.0176. The lowest BCUT2D eigenvalue weighted by Gasteiger charge is -2.17. The molecule has 0 unspecified atom stereocenters. The Bertz CT molecular complexity index is 377. The number of nitrogen functional groups attached to an aromatic ring is 1. The van der Waals surface area contributed by atoms with Crippen molar-refractivity contribution >= 4 is 11.6 Å². The molecule has 1 aromatic rings. The van der Waals surface area contributed by atoms with Crippen molar-refractivity contribution in [2.24, 2.45) is 0 Å². The quantitative estimate of drug-likeness (QED) is 0.738. The average Bonchev–Trinajstić information content (AvgIpc) is 2.24. The van der Waals surface area contributed by atoms with E-state index >= 15 is 0 Å². The van der Waals surface area contributed by atoms with Gasteiger partial charge in [-0.05, 0) is 31.2 Å². The molecule has 0 bridgehead atoms. The van der Waals surface area contributed by atoms with E-state index in [2.05, 4.69) is 5.32 Å². The highest BCUT2D eigenvalue weighted by molar-refractivity contribution is 5.77. The SMILES string of the molecule is CNC(=O)CN(C)Cc1cccc(N)c1C. The van der Waals surface area contributed by atoms with Crippen LogP contribution in [0.15, 0.2) is 18.2 Å². The fourth-order valence-corrected chi connectivity index (χ4v) is 1.55. The summed E-state index contributed by atoms with van der Waals surface area (Å²) < 4.78 is 0. The molecule has 1 aromatic carbocycles. The van der Waals surface area contributed by atoms with Crippen molar-refractivity contribution in [1.82, 2.24) is 10.2 Å². The second-order valence-corrected chi connectivity index (χ2v) is 3.98. The highest BCUT2D eigenvalue weighted by Crippen LogP contribution is 2.16. The third kappa shape index (κ3) is 3.24. The van der Waals surface area contributed by atoms with Crippen LogP contribution in [0.1, 0.15) is 11.1 Å². The Kier molecular flexibility index (Phi) is 4.31. The van der Waals surface area contributed by atoms with E-state index in [4.69, 9.17) is 5.73 Å². The van der Waals surface area contributed by atoms with Crippen molar-refractivity contribution in [2.75, 3.05) is 26.4 Å². The first-order valence-electron chi connectivity index (χ1n) is 5.27. The van der Waals surface area contributed by atoms with Crippen LogP contribution in [0.3, 0.4) is 0 Å². The molecule has 3 N–H and O–H groups in total.